The van der Waals surface area contributed by atoms with Crippen molar-refractivity contribution in [1.29, 1.82) is 0 Å². The van der Waals surface area contributed by atoms with Gasteiger partial charge in [-0.15, -0.1) is 11.6 Å². The fourth-order valence-electron chi connectivity index (χ4n) is 2.36. The number of hydrogen-bond acceptors (Lipinski definition) is 3. The summed E-state index contributed by atoms with van der Waals surface area (Å²) in [6.45, 7) is 8.72. The Balaban J connectivity index is 2.08. The van der Waals surface area contributed by atoms with Gasteiger partial charge >= 0.3 is 0 Å². The van der Waals surface area contributed by atoms with Crippen LogP contribution in [0.4, 0.5) is 0 Å². The quantitative estimate of drug-likeness (QED) is 0.583. The summed E-state index contributed by atoms with van der Waals surface area (Å²) < 4.78 is 9.66. The normalized spacial score (nSPS) is 11.9. The first-order valence-corrected chi connectivity index (χ1v) is 7.60. The van der Waals surface area contributed by atoms with E-state index in [1.165, 1.54) is 0 Å². The predicted octanol–water partition coefficient (Wildman–Crippen LogP) is 2.88. The third-order valence-electron chi connectivity index (χ3n) is 3.21. The van der Waals surface area contributed by atoms with Crippen LogP contribution in [-0.4, -0.2) is 32.5 Å². The molecule has 0 unspecified atom stereocenters. The third kappa shape index (κ3) is 3.15. The van der Waals surface area contributed by atoms with Crippen molar-refractivity contribution in [2.75, 3.05) is 13.2 Å². The van der Waals surface area contributed by atoms with Crippen LogP contribution >= 0.6 is 11.6 Å². The second-order valence-electron chi connectivity index (χ2n) is 5.52. The van der Waals surface area contributed by atoms with E-state index in [9.17, 15) is 0 Å². The van der Waals surface area contributed by atoms with Crippen molar-refractivity contribution >= 4 is 22.8 Å². The Morgan fingerprint density at radius 2 is 2.10 bits per heavy atom. The molecule has 0 N–H and O–H groups in total. The Kier molecular flexibility index (Phi) is 5.05. The first-order chi connectivity index (χ1) is 9.54. The molecule has 0 aliphatic rings. The SMILES string of the molecule is Cc1nn(C)c2c1nc(CCl)n2CCCOCC(C)C. The summed E-state index contributed by atoms with van der Waals surface area (Å²) in [5.74, 6) is 1.90. The Morgan fingerprint density at radius 3 is 2.75 bits per heavy atom. The number of imidazole rings is 1. The molecule has 2 aromatic heterocycles. The Morgan fingerprint density at radius 1 is 1.35 bits per heavy atom. The lowest BCUT2D eigenvalue weighted by atomic mass is 10.2. The van der Waals surface area contributed by atoms with Gasteiger partial charge in [0, 0.05) is 26.8 Å². The van der Waals surface area contributed by atoms with E-state index >= 15 is 0 Å². The number of hydrogen-bond donors (Lipinski definition) is 0. The van der Waals surface area contributed by atoms with Crippen molar-refractivity contribution in [2.24, 2.45) is 13.0 Å². The lowest BCUT2D eigenvalue weighted by molar-refractivity contribution is 0.105. The maximum atomic E-state index is 6.00. The highest BCUT2D eigenvalue weighted by molar-refractivity contribution is 6.16. The molecule has 20 heavy (non-hydrogen) atoms. The number of nitrogens with zero attached hydrogens (tertiary/aromatic N) is 4. The van der Waals surface area contributed by atoms with Crippen LogP contribution in [-0.2, 0) is 24.2 Å². The summed E-state index contributed by atoms with van der Waals surface area (Å²) >= 11 is 6.00. The highest BCUT2D eigenvalue weighted by Gasteiger charge is 2.16. The molecular weight excluding hydrogens is 276 g/mol. The minimum atomic E-state index is 0.418. The summed E-state index contributed by atoms with van der Waals surface area (Å²) in [6.07, 6.45) is 0.951. The Hall–Kier alpha value is -1.07. The lowest BCUT2D eigenvalue weighted by Gasteiger charge is -2.09. The average molecular weight is 299 g/mol. The van der Waals surface area contributed by atoms with Crippen molar-refractivity contribution in [2.45, 2.75) is 39.6 Å². The minimum Gasteiger partial charge on any atom is -0.381 e. The maximum Gasteiger partial charge on any atom is 0.158 e. The molecule has 2 aromatic rings. The number of aryl methyl sites for hydroxylation is 3. The highest BCUT2D eigenvalue weighted by Crippen LogP contribution is 2.20. The molecule has 2 heterocycles. The molecule has 0 radical (unpaired) electrons. The van der Waals surface area contributed by atoms with E-state index in [1.54, 1.807) is 0 Å². The maximum absolute atomic E-state index is 6.00. The zero-order valence-electron chi connectivity index (χ0n) is 12.7. The summed E-state index contributed by atoms with van der Waals surface area (Å²) in [5, 5.41) is 4.41. The van der Waals surface area contributed by atoms with Gasteiger partial charge in [0.2, 0.25) is 0 Å². The number of rotatable bonds is 7. The van der Waals surface area contributed by atoms with Gasteiger partial charge in [0.25, 0.3) is 0 Å². The van der Waals surface area contributed by atoms with Gasteiger partial charge in [-0.25, -0.2) is 4.98 Å². The lowest BCUT2D eigenvalue weighted by Crippen LogP contribution is -2.10. The Labute approximate surface area is 124 Å². The van der Waals surface area contributed by atoms with E-state index in [4.69, 9.17) is 16.3 Å². The molecule has 0 atom stereocenters. The molecule has 5 nitrogen and oxygen atoms in total. The topological polar surface area (TPSA) is 44.9 Å². The first kappa shape index (κ1) is 15.3. The van der Waals surface area contributed by atoms with Gasteiger partial charge in [0.1, 0.15) is 11.3 Å². The van der Waals surface area contributed by atoms with Gasteiger partial charge in [0.05, 0.1) is 11.6 Å². The summed E-state index contributed by atoms with van der Waals surface area (Å²) in [6, 6.07) is 0. The number of fused-ring (bicyclic) bond motifs is 1. The van der Waals surface area contributed by atoms with E-state index in [2.05, 4.69) is 28.5 Å². The monoisotopic (exact) mass is 298 g/mol. The smallest absolute Gasteiger partial charge is 0.158 e. The summed E-state index contributed by atoms with van der Waals surface area (Å²) in [7, 11) is 1.95. The van der Waals surface area contributed by atoms with Gasteiger partial charge in [-0.3, -0.25) is 4.68 Å². The van der Waals surface area contributed by atoms with Crippen LogP contribution in [0.25, 0.3) is 11.2 Å². The molecule has 0 aliphatic heterocycles. The predicted molar refractivity (Wildman–Crippen MR) is 81.1 cm³/mol. The highest BCUT2D eigenvalue weighted by atomic mass is 35.5. The second-order valence-corrected chi connectivity index (χ2v) is 5.78. The van der Waals surface area contributed by atoms with Crippen LogP contribution in [0.15, 0.2) is 0 Å². The van der Waals surface area contributed by atoms with Crippen molar-refractivity contribution in [3.63, 3.8) is 0 Å². The van der Waals surface area contributed by atoms with E-state index in [1.807, 2.05) is 18.7 Å². The van der Waals surface area contributed by atoms with Gasteiger partial charge in [-0.2, -0.15) is 5.10 Å². The molecule has 0 aromatic carbocycles. The molecular formula is C14H23ClN4O. The number of aromatic nitrogens is 4. The Bertz CT molecular complexity index is 573. The molecule has 0 bridgehead atoms. The van der Waals surface area contributed by atoms with Crippen LogP contribution < -0.4 is 0 Å². The van der Waals surface area contributed by atoms with E-state index in [0.717, 1.165) is 48.9 Å². The van der Waals surface area contributed by atoms with Crippen molar-refractivity contribution < 1.29 is 4.74 Å². The van der Waals surface area contributed by atoms with Gasteiger partial charge in [-0.1, -0.05) is 13.8 Å². The fraction of sp³-hybridized carbons (Fsp3) is 0.714. The molecule has 2 rings (SSSR count). The largest absolute Gasteiger partial charge is 0.381 e. The third-order valence-corrected chi connectivity index (χ3v) is 3.45. The molecule has 0 aliphatic carbocycles. The van der Waals surface area contributed by atoms with E-state index < -0.39 is 0 Å². The van der Waals surface area contributed by atoms with E-state index in [-0.39, 0.29) is 0 Å². The van der Waals surface area contributed by atoms with Gasteiger partial charge in [-0.05, 0) is 19.3 Å². The van der Waals surface area contributed by atoms with Crippen LogP contribution in [0.2, 0.25) is 0 Å². The van der Waals surface area contributed by atoms with Crippen molar-refractivity contribution in [1.82, 2.24) is 19.3 Å². The zero-order chi connectivity index (χ0) is 14.7. The minimum absolute atomic E-state index is 0.418. The molecule has 0 spiro atoms. The summed E-state index contributed by atoms with van der Waals surface area (Å²) in [4.78, 5) is 4.59. The van der Waals surface area contributed by atoms with E-state index in [0.29, 0.717) is 11.8 Å². The standard InChI is InChI=1S/C14H23ClN4O/c1-10(2)9-20-7-5-6-19-12(8-15)16-13-11(3)17-18(4)14(13)19/h10H,5-9H2,1-4H3. The number of alkyl halides is 1. The van der Waals surface area contributed by atoms with Crippen LogP contribution in [0.5, 0.6) is 0 Å². The molecule has 112 valence electrons. The molecule has 0 saturated heterocycles. The fourth-order valence-corrected chi connectivity index (χ4v) is 2.56. The molecule has 6 heteroatoms. The van der Waals surface area contributed by atoms with Crippen LogP contribution in [0.3, 0.4) is 0 Å². The zero-order valence-corrected chi connectivity index (χ0v) is 13.4. The molecule has 0 amide bonds. The van der Waals surface area contributed by atoms with Gasteiger partial charge in [0.15, 0.2) is 5.65 Å². The van der Waals surface area contributed by atoms with Gasteiger partial charge < -0.3 is 9.30 Å². The molecule has 0 fully saturated rings. The first-order valence-electron chi connectivity index (χ1n) is 7.07. The number of ether oxygens (including phenoxy) is 1. The summed E-state index contributed by atoms with van der Waals surface area (Å²) in [5.41, 5.74) is 2.94. The average Bonchev–Trinajstić information content (AvgIpc) is 2.88. The van der Waals surface area contributed by atoms with Crippen molar-refractivity contribution in [3.8, 4) is 0 Å². The second kappa shape index (κ2) is 6.59. The van der Waals surface area contributed by atoms with Crippen LogP contribution in [0.1, 0.15) is 31.8 Å². The molecule has 0 saturated carbocycles. The number of halogens is 1. The van der Waals surface area contributed by atoms with Crippen molar-refractivity contribution in [3.05, 3.63) is 11.5 Å². The van der Waals surface area contributed by atoms with Crippen LogP contribution in [0, 0.1) is 12.8 Å².